The zero-order valence-corrected chi connectivity index (χ0v) is 23.1. The first-order valence-corrected chi connectivity index (χ1v) is 13.5. The summed E-state index contributed by atoms with van der Waals surface area (Å²) in [6.07, 6.45) is -1.10. The lowest BCUT2D eigenvalue weighted by Crippen LogP contribution is -2.70. The standard InChI is InChI=1S/C26H32N4O9S/c1-26(2,3)15-9-7-13(8-10-15)20(32)28-16(23(34)35)5-4-6-17(31)29-18-21(33)30-19(24(36)37)14(11-39-25(27)38)12-40-22(18)30/h7-10,16,18,22H,4-6,11-12H2,1-3H3,(H2,27,38)(H,28,32)(H,29,31)(H,34,35)(H,36,37)/t16?,18?,22-/m1/s1. The van der Waals surface area contributed by atoms with E-state index in [-0.39, 0.29) is 48.3 Å². The number of amides is 4. The van der Waals surface area contributed by atoms with E-state index in [9.17, 15) is 39.0 Å². The molecule has 1 aromatic carbocycles. The molecule has 13 nitrogen and oxygen atoms in total. The number of hydrogen-bond acceptors (Lipinski definition) is 8. The molecule has 4 amide bonds. The molecule has 2 unspecified atom stereocenters. The number of carboxylic acids is 2. The van der Waals surface area contributed by atoms with E-state index in [1.807, 2.05) is 32.9 Å². The first-order valence-electron chi connectivity index (χ1n) is 12.5. The van der Waals surface area contributed by atoms with Gasteiger partial charge in [0, 0.05) is 23.3 Å². The van der Waals surface area contributed by atoms with Crippen LogP contribution in [-0.2, 0) is 29.3 Å². The fourth-order valence-corrected chi connectivity index (χ4v) is 5.61. The van der Waals surface area contributed by atoms with E-state index in [2.05, 4.69) is 15.4 Å². The number of nitrogens with two attached hydrogens (primary N) is 1. The summed E-state index contributed by atoms with van der Waals surface area (Å²) < 4.78 is 4.67. The SMILES string of the molecule is CC(C)(C)c1ccc(C(=O)NC(CCCC(=O)NC2C(=O)N3C(C(=O)O)=C(COC(N)=O)CS[C@H]23)C(=O)O)cc1. The Balaban J connectivity index is 1.52. The summed E-state index contributed by atoms with van der Waals surface area (Å²) in [5, 5.41) is 23.5. The molecule has 2 aliphatic rings. The van der Waals surface area contributed by atoms with Gasteiger partial charge in [0.1, 0.15) is 29.8 Å². The number of nitrogens with zero attached hydrogens (tertiary/aromatic N) is 1. The van der Waals surface area contributed by atoms with Crippen LogP contribution < -0.4 is 16.4 Å². The molecule has 40 heavy (non-hydrogen) atoms. The molecule has 0 spiro atoms. The molecule has 3 rings (SSSR count). The van der Waals surface area contributed by atoms with E-state index in [1.165, 1.54) is 11.8 Å². The number of aliphatic carboxylic acids is 2. The molecule has 14 heteroatoms. The number of benzene rings is 1. The van der Waals surface area contributed by atoms with Gasteiger partial charge in [0.2, 0.25) is 5.91 Å². The lowest BCUT2D eigenvalue weighted by atomic mass is 9.86. The monoisotopic (exact) mass is 576 g/mol. The van der Waals surface area contributed by atoms with Crippen LogP contribution in [0.15, 0.2) is 35.5 Å². The van der Waals surface area contributed by atoms with Crippen molar-refractivity contribution >= 4 is 47.5 Å². The Hall–Kier alpha value is -4.07. The largest absolute Gasteiger partial charge is 0.480 e. The third kappa shape index (κ3) is 7.11. The Kier molecular flexibility index (Phi) is 9.45. The molecule has 2 aliphatic heterocycles. The predicted molar refractivity (Wildman–Crippen MR) is 143 cm³/mol. The minimum atomic E-state index is -1.38. The Bertz CT molecular complexity index is 1240. The molecule has 216 valence electrons. The van der Waals surface area contributed by atoms with E-state index < -0.39 is 53.2 Å². The van der Waals surface area contributed by atoms with Gasteiger partial charge < -0.3 is 31.3 Å². The third-order valence-electron chi connectivity index (χ3n) is 6.47. The van der Waals surface area contributed by atoms with E-state index in [1.54, 1.807) is 12.1 Å². The Morgan fingerprint density at radius 1 is 1.15 bits per heavy atom. The minimum Gasteiger partial charge on any atom is -0.480 e. The predicted octanol–water partition coefficient (Wildman–Crippen LogP) is 1.17. The number of carbonyl (C=O) groups excluding carboxylic acids is 4. The van der Waals surface area contributed by atoms with Gasteiger partial charge in [-0.1, -0.05) is 32.9 Å². The zero-order valence-electron chi connectivity index (χ0n) is 22.3. The van der Waals surface area contributed by atoms with Gasteiger partial charge in [-0.15, -0.1) is 11.8 Å². The van der Waals surface area contributed by atoms with Gasteiger partial charge in [0.15, 0.2) is 0 Å². The topological polar surface area (TPSA) is 205 Å². The van der Waals surface area contributed by atoms with Gasteiger partial charge in [0.05, 0.1) is 0 Å². The molecule has 6 N–H and O–H groups in total. The van der Waals surface area contributed by atoms with Crippen LogP contribution in [0.25, 0.3) is 0 Å². The van der Waals surface area contributed by atoms with E-state index >= 15 is 0 Å². The number of rotatable bonds is 11. The minimum absolute atomic E-state index is 0.0212. The molecule has 1 aromatic rings. The van der Waals surface area contributed by atoms with Crippen LogP contribution in [-0.4, -0.2) is 80.7 Å². The zero-order chi connectivity index (χ0) is 29.8. The second kappa shape index (κ2) is 12.4. The fraction of sp³-hybridized carbons (Fsp3) is 0.462. The molecule has 3 atom stereocenters. The van der Waals surface area contributed by atoms with E-state index in [4.69, 9.17) is 5.73 Å². The van der Waals surface area contributed by atoms with Crippen molar-refractivity contribution in [2.75, 3.05) is 12.4 Å². The van der Waals surface area contributed by atoms with Crippen molar-refractivity contribution < 1.29 is 43.7 Å². The highest BCUT2D eigenvalue weighted by Crippen LogP contribution is 2.40. The number of ether oxygens (including phenoxy) is 1. The Morgan fingerprint density at radius 2 is 1.80 bits per heavy atom. The van der Waals surface area contributed by atoms with Crippen molar-refractivity contribution in [1.82, 2.24) is 15.5 Å². The maximum Gasteiger partial charge on any atom is 0.404 e. The van der Waals surface area contributed by atoms with Gasteiger partial charge in [-0.3, -0.25) is 19.3 Å². The highest BCUT2D eigenvalue weighted by molar-refractivity contribution is 8.00. The van der Waals surface area contributed by atoms with Crippen molar-refractivity contribution in [2.45, 2.75) is 62.9 Å². The second-order valence-electron chi connectivity index (χ2n) is 10.4. The van der Waals surface area contributed by atoms with Crippen LogP contribution in [0, 0.1) is 0 Å². The summed E-state index contributed by atoms with van der Waals surface area (Å²) in [5.41, 5.74) is 6.07. The molecule has 0 aliphatic carbocycles. The normalized spacial score (nSPS) is 19.2. The summed E-state index contributed by atoms with van der Waals surface area (Å²) >= 11 is 1.20. The number of primary amides is 1. The summed E-state index contributed by atoms with van der Waals surface area (Å²) in [6.45, 7) is 5.73. The van der Waals surface area contributed by atoms with E-state index in [0.29, 0.717) is 5.56 Å². The number of carboxylic acid groups (broad SMARTS) is 2. The number of β-lactam (4-membered cyclic amide) rings is 1. The number of fused-ring (bicyclic) bond motifs is 1. The molecule has 0 saturated carbocycles. The lowest BCUT2D eigenvalue weighted by molar-refractivity contribution is -0.150. The molecular weight excluding hydrogens is 544 g/mol. The maximum atomic E-state index is 12.7. The van der Waals surface area contributed by atoms with Crippen molar-refractivity contribution in [2.24, 2.45) is 5.73 Å². The summed E-state index contributed by atoms with van der Waals surface area (Å²) in [6, 6.07) is 4.70. The van der Waals surface area contributed by atoms with Crippen LogP contribution in [0.5, 0.6) is 0 Å². The fourth-order valence-electron chi connectivity index (χ4n) is 4.29. The average Bonchev–Trinajstić information content (AvgIpc) is 2.88. The van der Waals surface area contributed by atoms with E-state index in [0.717, 1.165) is 10.5 Å². The highest BCUT2D eigenvalue weighted by atomic mass is 32.2. The van der Waals surface area contributed by atoms with Crippen LogP contribution in [0.3, 0.4) is 0 Å². The summed E-state index contributed by atoms with van der Waals surface area (Å²) in [4.78, 5) is 73.1. The van der Waals surface area contributed by atoms with Gasteiger partial charge in [-0.2, -0.15) is 0 Å². The number of nitrogens with one attached hydrogen (secondary N) is 2. The van der Waals surface area contributed by atoms with Crippen molar-refractivity contribution in [3.63, 3.8) is 0 Å². The highest BCUT2D eigenvalue weighted by Gasteiger charge is 2.54. The molecular formula is C26H32N4O9S. The smallest absolute Gasteiger partial charge is 0.404 e. The first-order chi connectivity index (χ1) is 18.7. The van der Waals surface area contributed by atoms with Crippen LogP contribution in [0.1, 0.15) is 56.0 Å². The Morgan fingerprint density at radius 3 is 2.35 bits per heavy atom. The molecule has 1 saturated heterocycles. The Labute approximate surface area is 234 Å². The first kappa shape index (κ1) is 30.5. The molecule has 2 heterocycles. The van der Waals surface area contributed by atoms with Crippen LogP contribution in [0.2, 0.25) is 0 Å². The maximum absolute atomic E-state index is 12.7. The summed E-state index contributed by atoms with van der Waals surface area (Å²) in [7, 11) is 0. The third-order valence-corrected chi connectivity index (χ3v) is 7.81. The van der Waals surface area contributed by atoms with Gasteiger partial charge in [-0.05, 0) is 36.0 Å². The summed E-state index contributed by atoms with van der Waals surface area (Å²) in [5.74, 6) is -4.17. The van der Waals surface area contributed by atoms with Crippen LogP contribution >= 0.6 is 11.8 Å². The van der Waals surface area contributed by atoms with Gasteiger partial charge in [0.25, 0.3) is 11.8 Å². The lowest BCUT2D eigenvalue weighted by Gasteiger charge is -2.49. The van der Waals surface area contributed by atoms with Gasteiger partial charge >= 0.3 is 18.0 Å². The van der Waals surface area contributed by atoms with Crippen molar-refractivity contribution in [1.29, 1.82) is 0 Å². The average molecular weight is 577 g/mol. The van der Waals surface area contributed by atoms with Crippen molar-refractivity contribution in [3.8, 4) is 0 Å². The number of carbonyl (C=O) groups is 6. The molecule has 0 radical (unpaired) electrons. The quantitative estimate of drug-likeness (QED) is 0.238. The number of thioether (sulfide) groups is 1. The molecule has 1 fully saturated rings. The molecule has 0 aromatic heterocycles. The molecule has 0 bridgehead atoms. The number of hydrogen-bond donors (Lipinski definition) is 5. The second-order valence-corrected chi connectivity index (χ2v) is 11.5. The van der Waals surface area contributed by atoms with Gasteiger partial charge in [-0.25, -0.2) is 14.4 Å². The van der Waals surface area contributed by atoms with Crippen LogP contribution in [0.4, 0.5) is 4.79 Å². The van der Waals surface area contributed by atoms with Crippen molar-refractivity contribution in [3.05, 3.63) is 46.7 Å².